The molecule has 250 valence electrons. The first-order chi connectivity index (χ1) is 23.0. The van der Waals surface area contributed by atoms with E-state index >= 15 is 4.39 Å². The number of carboxylic acids is 1. The maximum absolute atomic E-state index is 15.4. The Bertz CT molecular complexity index is 1800. The highest BCUT2D eigenvalue weighted by atomic mass is 35.5. The summed E-state index contributed by atoms with van der Waals surface area (Å²) in [5, 5.41) is 19.1. The average Bonchev–Trinajstić information content (AvgIpc) is 3.74. The Kier molecular flexibility index (Phi) is 9.35. The number of fused-ring (bicyclic) bond motifs is 1. The molecule has 1 fully saturated rings. The number of hydrazone groups is 1. The Hall–Kier alpha value is -4.98. The van der Waals surface area contributed by atoms with Crippen LogP contribution in [0.4, 0.5) is 21.5 Å². The topological polar surface area (TPSA) is 124 Å². The number of carboxylic acid groups (broad SMARTS) is 1. The smallest absolute Gasteiger partial charge is 0.335 e. The van der Waals surface area contributed by atoms with Crippen LogP contribution in [0.2, 0.25) is 5.02 Å². The first kappa shape index (κ1) is 32.9. The van der Waals surface area contributed by atoms with Crippen LogP contribution in [0.25, 0.3) is 6.08 Å². The molecule has 6 rings (SSSR count). The second-order valence-electron chi connectivity index (χ2n) is 12.1. The van der Waals surface area contributed by atoms with E-state index in [1.807, 2.05) is 12.1 Å². The molecular weight excluding hydrogens is 639 g/mol. The largest absolute Gasteiger partial charge is 0.478 e. The number of nitrogens with zero attached hydrogens (tertiary/aromatic N) is 6. The fourth-order valence-electron chi connectivity index (χ4n) is 6.43. The number of nitrogens with one attached hydrogen (secondary N) is 2. The van der Waals surface area contributed by atoms with Gasteiger partial charge in [0.2, 0.25) is 5.91 Å². The maximum Gasteiger partial charge on any atom is 0.335 e. The minimum absolute atomic E-state index is 0.0709. The molecule has 12 nitrogen and oxygen atoms in total. The molecule has 3 N–H and O–H groups in total. The van der Waals surface area contributed by atoms with Gasteiger partial charge in [-0.05, 0) is 86.6 Å². The zero-order chi connectivity index (χ0) is 34.1. The molecule has 48 heavy (non-hydrogen) atoms. The molecule has 3 aliphatic heterocycles. The third-order valence-electron chi connectivity index (χ3n) is 9.00. The van der Waals surface area contributed by atoms with Crippen molar-refractivity contribution in [2.24, 2.45) is 5.10 Å². The molecule has 0 bridgehead atoms. The van der Waals surface area contributed by atoms with Crippen LogP contribution >= 0.6 is 11.6 Å². The molecule has 2 atom stereocenters. The fraction of sp³-hybridized carbons (Fsp3) is 0.294. The zero-order valence-corrected chi connectivity index (χ0v) is 27.5. The third-order valence-corrected chi connectivity index (χ3v) is 9.30. The molecule has 2 amide bonds. The summed E-state index contributed by atoms with van der Waals surface area (Å²) in [4.78, 5) is 45.5. The van der Waals surface area contributed by atoms with E-state index in [9.17, 15) is 19.5 Å². The van der Waals surface area contributed by atoms with Gasteiger partial charge in [0.1, 0.15) is 12.4 Å². The van der Waals surface area contributed by atoms with Gasteiger partial charge in [-0.3, -0.25) is 9.59 Å². The summed E-state index contributed by atoms with van der Waals surface area (Å²) in [5.74, 6) is -2.74. The van der Waals surface area contributed by atoms with Crippen molar-refractivity contribution in [3.63, 3.8) is 0 Å². The van der Waals surface area contributed by atoms with Crippen LogP contribution in [0.15, 0.2) is 65.8 Å². The number of likely N-dealkylation sites (N-methyl/N-ethyl adjacent to an activating group) is 1. The first-order valence-corrected chi connectivity index (χ1v) is 15.9. The van der Waals surface area contributed by atoms with Crippen molar-refractivity contribution in [3.05, 3.63) is 93.8 Å². The predicted molar refractivity (Wildman–Crippen MR) is 183 cm³/mol. The van der Waals surface area contributed by atoms with E-state index in [-0.39, 0.29) is 22.7 Å². The zero-order valence-electron chi connectivity index (χ0n) is 26.7. The number of rotatable bonds is 8. The summed E-state index contributed by atoms with van der Waals surface area (Å²) < 4.78 is 15.4. The summed E-state index contributed by atoms with van der Waals surface area (Å²) in [6.07, 6.45) is 5.60. The van der Waals surface area contributed by atoms with E-state index in [1.54, 1.807) is 18.1 Å². The monoisotopic (exact) mass is 674 g/mol. The first-order valence-electron chi connectivity index (χ1n) is 15.5. The highest BCUT2D eigenvalue weighted by molar-refractivity contribution is 6.31. The SMILES string of the molecule is CN(C)[C@@H]1CCN(c2cccc3c2CCN(C(=O)/C=C/c2c(N4C=NNN4C)ccc(Cl)c2F)[C@@H]3C(=O)Nc2ccc(C(=O)O)cc2)C1. The van der Waals surface area contributed by atoms with Crippen LogP contribution in [0.1, 0.15) is 39.5 Å². The molecule has 3 aliphatic rings. The Morgan fingerprint density at radius 3 is 2.52 bits per heavy atom. The lowest BCUT2D eigenvalue weighted by Crippen LogP contribution is -2.45. The van der Waals surface area contributed by atoms with Gasteiger partial charge in [-0.15, -0.1) is 5.12 Å². The number of hydrogen-bond donors (Lipinski definition) is 3. The molecule has 0 radical (unpaired) electrons. The normalized spacial score (nSPS) is 19.2. The summed E-state index contributed by atoms with van der Waals surface area (Å²) >= 11 is 6.14. The Labute approximate surface area is 282 Å². The van der Waals surface area contributed by atoms with Crippen molar-refractivity contribution < 1.29 is 23.9 Å². The lowest BCUT2D eigenvalue weighted by molar-refractivity contribution is -0.135. The van der Waals surface area contributed by atoms with Crippen LogP contribution in [-0.4, -0.2) is 91.0 Å². The number of benzene rings is 3. The summed E-state index contributed by atoms with van der Waals surface area (Å²) in [7, 11) is 5.83. The number of carbonyl (C=O) groups excluding carboxylic acids is 2. The number of anilines is 3. The Morgan fingerprint density at radius 2 is 1.85 bits per heavy atom. The van der Waals surface area contributed by atoms with Gasteiger partial charge in [-0.25, -0.2) is 19.7 Å². The van der Waals surface area contributed by atoms with Gasteiger partial charge in [0, 0.05) is 55.7 Å². The van der Waals surface area contributed by atoms with E-state index in [1.165, 1.54) is 58.8 Å². The lowest BCUT2D eigenvalue weighted by Gasteiger charge is -2.38. The number of aromatic carboxylic acids is 1. The van der Waals surface area contributed by atoms with Crippen molar-refractivity contribution in [1.82, 2.24) is 20.5 Å². The highest BCUT2D eigenvalue weighted by Crippen LogP contribution is 2.38. The highest BCUT2D eigenvalue weighted by Gasteiger charge is 2.38. The van der Waals surface area contributed by atoms with Crippen LogP contribution in [0.3, 0.4) is 0 Å². The van der Waals surface area contributed by atoms with Gasteiger partial charge in [0.25, 0.3) is 5.91 Å². The molecule has 0 unspecified atom stereocenters. The van der Waals surface area contributed by atoms with Crippen molar-refractivity contribution in [3.8, 4) is 0 Å². The molecule has 3 heterocycles. The average molecular weight is 675 g/mol. The van der Waals surface area contributed by atoms with Gasteiger partial charge < -0.3 is 25.1 Å². The van der Waals surface area contributed by atoms with Crippen LogP contribution in [-0.2, 0) is 16.0 Å². The second-order valence-corrected chi connectivity index (χ2v) is 12.5. The standard InChI is InChI=1S/C34H36ClFN8O4/c1-40(2)23-15-17-42(19-23)28-6-4-5-25-24(28)16-18-43(32(25)33(46)38-22-9-7-21(8-10-22)34(47)48)30(45)14-11-26-29(13-12-27(35)31(26)36)44-20-37-39-41(44)3/h4-14,20,23,32,39H,15-19H2,1-3H3,(H,38,46)(H,47,48)/b14-11+/t23-,32+/m1/s1. The van der Waals surface area contributed by atoms with Gasteiger partial charge in [0.15, 0.2) is 5.82 Å². The van der Waals surface area contributed by atoms with E-state index < -0.39 is 29.6 Å². The van der Waals surface area contributed by atoms with E-state index in [0.29, 0.717) is 29.4 Å². The van der Waals surface area contributed by atoms with Crippen molar-refractivity contribution in [1.29, 1.82) is 0 Å². The van der Waals surface area contributed by atoms with Crippen LogP contribution in [0, 0.1) is 5.82 Å². The summed E-state index contributed by atoms with van der Waals surface area (Å²) in [6.45, 7) is 1.96. The van der Waals surface area contributed by atoms with Crippen molar-refractivity contribution in [2.45, 2.75) is 24.9 Å². The number of hydrogen-bond acceptors (Lipinski definition) is 9. The molecule has 3 aromatic rings. The molecule has 1 saturated heterocycles. The second kappa shape index (κ2) is 13.6. The number of amides is 2. The quantitative estimate of drug-likeness (QED) is 0.302. The molecule has 0 aromatic heterocycles. The Balaban J connectivity index is 1.35. The van der Waals surface area contributed by atoms with E-state index in [4.69, 9.17) is 11.6 Å². The van der Waals surface area contributed by atoms with Crippen molar-refractivity contribution in [2.75, 3.05) is 56.0 Å². The van der Waals surface area contributed by atoms with Crippen LogP contribution in [0.5, 0.6) is 0 Å². The van der Waals surface area contributed by atoms with Crippen LogP contribution < -0.4 is 20.8 Å². The molecule has 0 saturated carbocycles. The lowest BCUT2D eigenvalue weighted by atomic mass is 9.90. The molecular formula is C34H36ClFN8O4. The summed E-state index contributed by atoms with van der Waals surface area (Å²) in [6, 6.07) is 14.1. The molecule has 3 aromatic carbocycles. The van der Waals surface area contributed by atoms with Crippen molar-refractivity contribution >= 4 is 58.9 Å². The number of hydrazine groups is 2. The fourth-order valence-corrected chi connectivity index (χ4v) is 6.60. The maximum atomic E-state index is 15.4. The molecule has 0 spiro atoms. The molecule has 0 aliphatic carbocycles. The summed E-state index contributed by atoms with van der Waals surface area (Å²) in [5.41, 5.74) is 6.40. The minimum Gasteiger partial charge on any atom is -0.478 e. The third kappa shape index (κ3) is 6.44. The minimum atomic E-state index is -1.08. The van der Waals surface area contributed by atoms with E-state index in [2.05, 4.69) is 45.9 Å². The number of carbonyl (C=O) groups is 3. The molecule has 14 heteroatoms. The Morgan fingerprint density at radius 1 is 1.08 bits per heavy atom. The van der Waals surface area contributed by atoms with Gasteiger partial charge in [0.05, 0.1) is 16.3 Å². The number of halogens is 2. The van der Waals surface area contributed by atoms with Gasteiger partial charge in [-0.2, -0.15) is 5.10 Å². The predicted octanol–water partition coefficient (Wildman–Crippen LogP) is 4.21. The van der Waals surface area contributed by atoms with Gasteiger partial charge >= 0.3 is 5.97 Å². The van der Waals surface area contributed by atoms with Gasteiger partial charge in [-0.1, -0.05) is 23.7 Å². The van der Waals surface area contributed by atoms with E-state index in [0.717, 1.165) is 30.8 Å².